The largest absolute Gasteiger partial charge is 0.480 e. The number of aryl methyl sites for hydroxylation is 2. The van der Waals surface area contributed by atoms with Crippen LogP contribution in [0.25, 0.3) is 10.9 Å². The van der Waals surface area contributed by atoms with Gasteiger partial charge in [0, 0.05) is 17.6 Å². The van der Waals surface area contributed by atoms with Gasteiger partial charge in [0.15, 0.2) is 5.43 Å². The van der Waals surface area contributed by atoms with Crippen molar-refractivity contribution >= 4 is 16.9 Å². The van der Waals surface area contributed by atoms with E-state index >= 15 is 0 Å². The van der Waals surface area contributed by atoms with Gasteiger partial charge in [0.25, 0.3) is 0 Å². The van der Waals surface area contributed by atoms with E-state index in [1.165, 1.54) is 12.3 Å². The Balaban J connectivity index is 2.84. The minimum absolute atomic E-state index is 0.0755. The highest BCUT2D eigenvalue weighted by Gasteiger charge is 2.08. The molecule has 0 saturated heterocycles. The Morgan fingerprint density at radius 2 is 2.06 bits per heavy atom. The van der Waals surface area contributed by atoms with Gasteiger partial charge in [-0.25, -0.2) is 0 Å². The van der Waals surface area contributed by atoms with E-state index in [2.05, 4.69) is 0 Å². The van der Waals surface area contributed by atoms with Crippen molar-refractivity contribution in [3.05, 3.63) is 45.7 Å². The molecule has 0 radical (unpaired) electrons. The van der Waals surface area contributed by atoms with Gasteiger partial charge < -0.3 is 9.67 Å². The molecular formula is C13H13NO3. The number of nitrogens with zero attached hydrogens (tertiary/aromatic N) is 1. The zero-order chi connectivity index (χ0) is 12.6. The van der Waals surface area contributed by atoms with Crippen molar-refractivity contribution in [3.8, 4) is 0 Å². The van der Waals surface area contributed by atoms with Crippen molar-refractivity contribution < 1.29 is 9.90 Å². The lowest BCUT2D eigenvalue weighted by Gasteiger charge is -2.11. The summed E-state index contributed by atoms with van der Waals surface area (Å²) in [5, 5.41) is 9.42. The lowest BCUT2D eigenvalue weighted by atomic mass is 10.1. The molecule has 88 valence electrons. The van der Waals surface area contributed by atoms with Crippen molar-refractivity contribution in [2.75, 3.05) is 0 Å². The third kappa shape index (κ3) is 2.06. The summed E-state index contributed by atoms with van der Waals surface area (Å²) in [5.74, 6) is -0.921. The first-order valence-corrected chi connectivity index (χ1v) is 5.31. The molecule has 0 aliphatic heterocycles. The number of hydrogen-bond donors (Lipinski definition) is 1. The molecule has 1 aromatic heterocycles. The number of carbonyl (C=O) groups is 1. The summed E-state index contributed by atoms with van der Waals surface area (Å²) in [5.41, 5.74) is 2.54. The summed E-state index contributed by atoms with van der Waals surface area (Å²) >= 11 is 0. The molecule has 0 bridgehead atoms. The number of pyridine rings is 1. The maximum Gasteiger partial charge on any atom is 0.323 e. The number of hydrogen-bond acceptors (Lipinski definition) is 2. The number of aliphatic carboxylic acids is 1. The van der Waals surface area contributed by atoms with Crippen molar-refractivity contribution in [1.82, 2.24) is 4.57 Å². The van der Waals surface area contributed by atoms with Gasteiger partial charge in [0.1, 0.15) is 6.54 Å². The molecule has 1 N–H and O–H groups in total. The normalized spacial score (nSPS) is 10.7. The van der Waals surface area contributed by atoms with Gasteiger partial charge in [-0.05, 0) is 31.0 Å². The first-order valence-electron chi connectivity index (χ1n) is 5.31. The van der Waals surface area contributed by atoms with Crippen LogP contribution in [0.2, 0.25) is 0 Å². The molecular weight excluding hydrogens is 218 g/mol. The molecule has 0 amide bonds. The molecule has 2 aromatic rings. The van der Waals surface area contributed by atoms with E-state index in [9.17, 15) is 9.59 Å². The fourth-order valence-electron chi connectivity index (χ4n) is 2.13. The van der Waals surface area contributed by atoms with Crippen LogP contribution in [0, 0.1) is 13.8 Å². The van der Waals surface area contributed by atoms with Gasteiger partial charge >= 0.3 is 5.97 Å². The molecule has 4 heteroatoms. The molecule has 1 heterocycles. The van der Waals surface area contributed by atoms with E-state index in [0.717, 1.165) is 11.1 Å². The Bertz CT molecular complexity index is 655. The minimum atomic E-state index is -0.921. The summed E-state index contributed by atoms with van der Waals surface area (Å²) < 4.78 is 1.59. The second kappa shape index (κ2) is 4.05. The molecule has 4 nitrogen and oxygen atoms in total. The first-order chi connectivity index (χ1) is 7.99. The Hall–Kier alpha value is -2.10. The maximum absolute atomic E-state index is 11.8. The van der Waals surface area contributed by atoms with Crippen LogP contribution in [0.4, 0.5) is 0 Å². The molecule has 0 atom stereocenters. The molecule has 0 spiro atoms. The average Bonchev–Trinajstić information content (AvgIpc) is 2.21. The molecule has 0 saturated carbocycles. The summed E-state index contributed by atoms with van der Waals surface area (Å²) in [4.78, 5) is 22.5. The Labute approximate surface area is 98.1 Å². The van der Waals surface area contributed by atoms with Crippen molar-refractivity contribution in [2.24, 2.45) is 0 Å². The standard InChI is InChI=1S/C13H13NO3/c1-8-5-9(2)13-10(6-8)11(15)3-4-14(13)7-12(16)17/h3-6H,7H2,1-2H3,(H,16,17). The van der Waals surface area contributed by atoms with Crippen LogP contribution in [0.15, 0.2) is 29.2 Å². The van der Waals surface area contributed by atoms with E-state index in [1.807, 2.05) is 19.9 Å². The second-order valence-electron chi connectivity index (χ2n) is 4.18. The molecule has 1 aromatic carbocycles. The van der Waals surface area contributed by atoms with Gasteiger partial charge in [-0.1, -0.05) is 6.07 Å². The highest BCUT2D eigenvalue weighted by Crippen LogP contribution is 2.17. The van der Waals surface area contributed by atoms with Gasteiger partial charge in [0.2, 0.25) is 0 Å². The van der Waals surface area contributed by atoms with Crippen molar-refractivity contribution in [2.45, 2.75) is 20.4 Å². The Morgan fingerprint density at radius 3 is 2.71 bits per heavy atom. The zero-order valence-electron chi connectivity index (χ0n) is 9.73. The summed E-state index contributed by atoms with van der Waals surface area (Å²) in [6, 6.07) is 5.15. The number of carboxylic acid groups (broad SMARTS) is 1. The minimum Gasteiger partial charge on any atom is -0.480 e. The number of rotatable bonds is 2. The topological polar surface area (TPSA) is 59.3 Å². The van der Waals surface area contributed by atoms with Gasteiger partial charge in [-0.15, -0.1) is 0 Å². The molecule has 0 aliphatic rings. The van der Waals surface area contributed by atoms with Crippen LogP contribution >= 0.6 is 0 Å². The number of carboxylic acids is 1. The quantitative estimate of drug-likeness (QED) is 0.855. The zero-order valence-corrected chi connectivity index (χ0v) is 9.73. The molecule has 0 unspecified atom stereocenters. The van der Waals surface area contributed by atoms with Gasteiger partial charge in [0.05, 0.1) is 5.52 Å². The number of fused-ring (bicyclic) bond motifs is 1. The van der Waals surface area contributed by atoms with Gasteiger partial charge in [-0.3, -0.25) is 9.59 Å². The molecule has 2 rings (SSSR count). The van der Waals surface area contributed by atoms with Crippen LogP contribution in [0.3, 0.4) is 0 Å². The van der Waals surface area contributed by atoms with Crippen LogP contribution in [-0.4, -0.2) is 15.6 Å². The summed E-state index contributed by atoms with van der Waals surface area (Å²) in [6.07, 6.45) is 1.53. The Kier molecular flexibility index (Phi) is 2.71. The monoisotopic (exact) mass is 231 g/mol. The average molecular weight is 231 g/mol. The van der Waals surface area contributed by atoms with Crippen molar-refractivity contribution in [1.29, 1.82) is 0 Å². The summed E-state index contributed by atoms with van der Waals surface area (Å²) in [7, 11) is 0. The van der Waals surface area contributed by atoms with E-state index in [4.69, 9.17) is 5.11 Å². The van der Waals surface area contributed by atoms with Crippen LogP contribution in [0.5, 0.6) is 0 Å². The van der Waals surface area contributed by atoms with Gasteiger partial charge in [-0.2, -0.15) is 0 Å². The molecule has 17 heavy (non-hydrogen) atoms. The molecule has 0 aliphatic carbocycles. The van der Waals surface area contributed by atoms with E-state index in [-0.39, 0.29) is 12.0 Å². The summed E-state index contributed by atoms with van der Waals surface area (Å²) in [6.45, 7) is 3.66. The Morgan fingerprint density at radius 1 is 1.35 bits per heavy atom. The smallest absolute Gasteiger partial charge is 0.323 e. The maximum atomic E-state index is 11.8. The predicted molar refractivity (Wildman–Crippen MR) is 65.3 cm³/mol. The van der Waals surface area contributed by atoms with Crippen LogP contribution in [-0.2, 0) is 11.3 Å². The number of benzene rings is 1. The van der Waals surface area contributed by atoms with E-state index in [1.54, 1.807) is 10.6 Å². The SMILES string of the molecule is Cc1cc(C)c2c(c1)c(=O)ccn2CC(=O)O. The fraction of sp³-hybridized carbons (Fsp3) is 0.231. The van der Waals surface area contributed by atoms with Crippen molar-refractivity contribution in [3.63, 3.8) is 0 Å². The predicted octanol–water partition coefficient (Wildman–Crippen LogP) is 1.70. The lowest BCUT2D eigenvalue weighted by molar-refractivity contribution is -0.137. The first kappa shape index (κ1) is 11.4. The number of aromatic nitrogens is 1. The third-order valence-electron chi connectivity index (χ3n) is 2.71. The fourth-order valence-corrected chi connectivity index (χ4v) is 2.13. The van der Waals surface area contributed by atoms with E-state index < -0.39 is 5.97 Å². The molecule has 0 fully saturated rings. The van der Waals surface area contributed by atoms with Crippen LogP contribution < -0.4 is 5.43 Å². The second-order valence-corrected chi connectivity index (χ2v) is 4.18. The van der Waals surface area contributed by atoms with Crippen LogP contribution in [0.1, 0.15) is 11.1 Å². The highest BCUT2D eigenvalue weighted by molar-refractivity contribution is 5.84. The third-order valence-corrected chi connectivity index (χ3v) is 2.71. The highest BCUT2D eigenvalue weighted by atomic mass is 16.4. The lowest BCUT2D eigenvalue weighted by Crippen LogP contribution is -2.14. The van der Waals surface area contributed by atoms with E-state index in [0.29, 0.717) is 10.9 Å².